The Bertz CT molecular complexity index is 1160. The van der Waals surface area contributed by atoms with E-state index in [9.17, 15) is 9.59 Å². The summed E-state index contributed by atoms with van der Waals surface area (Å²) in [6, 6.07) is 16.1. The van der Waals surface area contributed by atoms with Crippen molar-refractivity contribution in [1.29, 1.82) is 0 Å². The van der Waals surface area contributed by atoms with Gasteiger partial charge in [0.2, 0.25) is 5.91 Å². The van der Waals surface area contributed by atoms with Crippen LogP contribution >= 0.6 is 11.6 Å². The lowest BCUT2D eigenvalue weighted by Crippen LogP contribution is -2.44. The molecule has 0 saturated carbocycles. The minimum Gasteiger partial charge on any atom is -0.313 e. The van der Waals surface area contributed by atoms with Gasteiger partial charge in [0.05, 0.1) is 16.4 Å². The zero-order valence-electron chi connectivity index (χ0n) is 20.5. The van der Waals surface area contributed by atoms with Gasteiger partial charge in [-0.3, -0.25) is 4.79 Å². The van der Waals surface area contributed by atoms with Crippen LogP contribution in [0.1, 0.15) is 45.9 Å². The van der Waals surface area contributed by atoms with Crippen LogP contribution in [0.2, 0.25) is 5.02 Å². The molecular formula is C26H32ClN5O2. The van der Waals surface area contributed by atoms with Crippen molar-refractivity contribution in [2.75, 3.05) is 17.2 Å². The Morgan fingerprint density at radius 1 is 1.06 bits per heavy atom. The van der Waals surface area contributed by atoms with Crippen molar-refractivity contribution < 1.29 is 9.59 Å². The third-order valence-electron chi connectivity index (χ3n) is 5.33. The summed E-state index contributed by atoms with van der Waals surface area (Å²) in [5, 5.41) is 11.0. The third kappa shape index (κ3) is 6.17. The SMILES string of the molecule is Cc1ccc(NC(=O)N(CC(=O)Nc2cc(C(C)(C)C)nn2-c2ccccc2Cl)C(C)C)cc1. The Morgan fingerprint density at radius 2 is 1.71 bits per heavy atom. The Morgan fingerprint density at radius 3 is 2.29 bits per heavy atom. The van der Waals surface area contributed by atoms with Crippen molar-refractivity contribution >= 4 is 35.0 Å². The van der Waals surface area contributed by atoms with Crippen LogP contribution in [-0.4, -0.2) is 39.2 Å². The Hall–Kier alpha value is -3.32. The summed E-state index contributed by atoms with van der Waals surface area (Å²) >= 11 is 6.41. The number of amides is 3. The fraction of sp³-hybridized carbons (Fsp3) is 0.346. The van der Waals surface area contributed by atoms with Crippen LogP contribution in [0.25, 0.3) is 5.69 Å². The first-order valence-corrected chi connectivity index (χ1v) is 11.6. The first kappa shape index (κ1) is 25.3. The van der Waals surface area contributed by atoms with Gasteiger partial charge in [0.25, 0.3) is 0 Å². The number of rotatable bonds is 6. The predicted molar refractivity (Wildman–Crippen MR) is 138 cm³/mol. The zero-order valence-corrected chi connectivity index (χ0v) is 21.3. The largest absolute Gasteiger partial charge is 0.322 e. The maximum atomic E-state index is 13.0. The van der Waals surface area contributed by atoms with E-state index in [1.54, 1.807) is 10.7 Å². The number of para-hydroxylation sites is 1. The van der Waals surface area contributed by atoms with Crippen molar-refractivity contribution in [1.82, 2.24) is 14.7 Å². The van der Waals surface area contributed by atoms with Gasteiger partial charge >= 0.3 is 6.03 Å². The molecule has 0 aliphatic rings. The number of aryl methyl sites for hydroxylation is 1. The molecule has 0 aliphatic carbocycles. The number of benzene rings is 2. The molecule has 0 spiro atoms. The highest BCUT2D eigenvalue weighted by Crippen LogP contribution is 2.29. The molecule has 2 aromatic carbocycles. The summed E-state index contributed by atoms with van der Waals surface area (Å²) in [7, 11) is 0. The van der Waals surface area contributed by atoms with Gasteiger partial charge in [0.1, 0.15) is 12.4 Å². The number of aromatic nitrogens is 2. The predicted octanol–water partition coefficient (Wildman–Crippen LogP) is 6.01. The summed E-state index contributed by atoms with van der Waals surface area (Å²) in [6.45, 7) is 11.7. The second-order valence-corrected chi connectivity index (χ2v) is 10.0. The van der Waals surface area contributed by atoms with Crippen molar-refractivity contribution in [3.05, 3.63) is 70.9 Å². The number of nitrogens with zero attached hydrogens (tertiary/aromatic N) is 3. The normalized spacial score (nSPS) is 11.4. The molecule has 1 heterocycles. The topological polar surface area (TPSA) is 79.3 Å². The van der Waals surface area contributed by atoms with E-state index >= 15 is 0 Å². The molecule has 3 aromatic rings. The summed E-state index contributed by atoms with van der Waals surface area (Å²) in [4.78, 5) is 27.4. The van der Waals surface area contributed by atoms with Crippen LogP contribution in [0.5, 0.6) is 0 Å². The van der Waals surface area contributed by atoms with Crippen LogP contribution in [0, 0.1) is 6.92 Å². The van der Waals surface area contributed by atoms with Gasteiger partial charge < -0.3 is 15.5 Å². The van der Waals surface area contributed by atoms with Gasteiger partial charge in [-0.15, -0.1) is 0 Å². The lowest BCUT2D eigenvalue weighted by Gasteiger charge is -2.26. The molecule has 3 amide bonds. The van der Waals surface area contributed by atoms with Crippen molar-refractivity contribution in [3.63, 3.8) is 0 Å². The van der Waals surface area contributed by atoms with E-state index in [1.165, 1.54) is 4.90 Å². The van der Waals surface area contributed by atoms with Crippen LogP contribution in [0.4, 0.5) is 16.3 Å². The van der Waals surface area contributed by atoms with Crippen molar-refractivity contribution in [3.8, 4) is 5.69 Å². The maximum Gasteiger partial charge on any atom is 0.322 e. The molecule has 7 nitrogen and oxygen atoms in total. The van der Waals surface area contributed by atoms with E-state index in [2.05, 4.69) is 10.6 Å². The molecule has 34 heavy (non-hydrogen) atoms. The summed E-state index contributed by atoms with van der Waals surface area (Å²) in [5.74, 6) is 0.159. The summed E-state index contributed by atoms with van der Waals surface area (Å²) in [6.07, 6.45) is 0. The average Bonchev–Trinajstić information content (AvgIpc) is 3.17. The first-order chi connectivity index (χ1) is 16.0. The lowest BCUT2D eigenvalue weighted by atomic mass is 9.92. The second-order valence-electron chi connectivity index (χ2n) is 9.59. The highest BCUT2D eigenvalue weighted by atomic mass is 35.5. The fourth-order valence-electron chi connectivity index (χ4n) is 3.30. The molecule has 0 saturated heterocycles. The highest BCUT2D eigenvalue weighted by molar-refractivity contribution is 6.32. The Kier molecular flexibility index (Phi) is 7.67. The number of carbonyl (C=O) groups is 2. The van der Waals surface area contributed by atoms with Gasteiger partial charge in [-0.2, -0.15) is 5.10 Å². The van der Waals surface area contributed by atoms with E-state index in [0.29, 0.717) is 22.2 Å². The summed E-state index contributed by atoms with van der Waals surface area (Å²) < 4.78 is 1.63. The number of hydrogen-bond acceptors (Lipinski definition) is 3. The minimum absolute atomic E-state index is 0.117. The Balaban J connectivity index is 1.82. The van der Waals surface area contributed by atoms with E-state index in [0.717, 1.165) is 11.3 Å². The molecule has 0 radical (unpaired) electrons. The third-order valence-corrected chi connectivity index (χ3v) is 5.65. The van der Waals surface area contributed by atoms with E-state index in [1.807, 2.05) is 90.1 Å². The van der Waals surface area contributed by atoms with Gasteiger partial charge in [0.15, 0.2) is 0 Å². The second kappa shape index (κ2) is 10.3. The number of halogens is 1. The number of anilines is 2. The first-order valence-electron chi connectivity index (χ1n) is 11.3. The molecule has 3 rings (SSSR count). The fourth-order valence-corrected chi connectivity index (χ4v) is 3.52. The van der Waals surface area contributed by atoms with Crippen molar-refractivity contribution in [2.45, 2.75) is 53.0 Å². The molecular weight excluding hydrogens is 450 g/mol. The lowest BCUT2D eigenvalue weighted by molar-refractivity contribution is -0.117. The van der Waals surface area contributed by atoms with Crippen LogP contribution < -0.4 is 10.6 Å². The molecule has 1 aromatic heterocycles. The van der Waals surface area contributed by atoms with E-state index < -0.39 is 0 Å². The number of nitrogens with one attached hydrogen (secondary N) is 2. The van der Waals surface area contributed by atoms with Crippen LogP contribution in [-0.2, 0) is 10.2 Å². The highest BCUT2D eigenvalue weighted by Gasteiger charge is 2.24. The molecule has 0 aliphatic heterocycles. The zero-order chi connectivity index (χ0) is 25.0. The molecule has 0 unspecified atom stereocenters. The van der Waals surface area contributed by atoms with Gasteiger partial charge in [-0.25, -0.2) is 9.48 Å². The van der Waals surface area contributed by atoms with Gasteiger partial charge in [-0.1, -0.05) is 62.2 Å². The number of hydrogen-bond donors (Lipinski definition) is 2. The number of carbonyl (C=O) groups excluding carboxylic acids is 2. The van der Waals surface area contributed by atoms with Gasteiger partial charge in [-0.05, 0) is 45.0 Å². The monoisotopic (exact) mass is 481 g/mol. The maximum absolute atomic E-state index is 13.0. The van der Waals surface area contributed by atoms with E-state index in [4.69, 9.17) is 16.7 Å². The van der Waals surface area contributed by atoms with Crippen molar-refractivity contribution in [2.24, 2.45) is 0 Å². The molecule has 2 N–H and O–H groups in total. The van der Waals surface area contributed by atoms with Crippen LogP contribution in [0.15, 0.2) is 54.6 Å². The minimum atomic E-state index is -0.344. The smallest absolute Gasteiger partial charge is 0.313 e. The van der Waals surface area contributed by atoms with Crippen LogP contribution in [0.3, 0.4) is 0 Å². The Labute approximate surface area is 206 Å². The van der Waals surface area contributed by atoms with E-state index in [-0.39, 0.29) is 29.9 Å². The molecule has 0 bridgehead atoms. The quantitative estimate of drug-likeness (QED) is 0.452. The molecule has 0 atom stereocenters. The molecule has 0 fully saturated rings. The summed E-state index contributed by atoms with van der Waals surface area (Å²) in [5.41, 5.74) is 3.01. The standard InChI is InChI=1S/C26H32ClN5O2/c1-17(2)31(25(34)28-19-13-11-18(3)12-14-19)16-24(33)29-23-15-22(26(4,5)6)30-32(23)21-10-8-7-9-20(21)27/h7-15,17H,16H2,1-6H3,(H,28,34)(H,29,33). The molecule has 180 valence electrons. The average molecular weight is 482 g/mol. The van der Waals surface area contributed by atoms with Gasteiger partial charge in [0, 0.05) is 23.2 Å². The number of urea groups is 1. The molecule has 8 heteroatoms.